The molecule has 1 heterocycles. The van der Waals surface area contributed by atoms with E-state index in [1.807, 2.05) is 0 Å². The molecule has 0 amide bonds. The molecule has 1 aromatic carbocycles. The van der Waals surface area contributed by atoms with Crippen molar-refractivity contribution in [1.29, 1.82) is 0 Å². The van der Waals surface area contributed by atoms with Crippen molar-refractivity contribution in [2.24, 2.45) is 5.84 Å². The second kappa shape index (κ2) is 6.55. The number of aromatic nitrogens is 2. The van der Waals surface area contributed by atoms with Gasteiger partial charge in [-0.1, -0.05) is 23.5 Å². The van der Waals surface area contributed by atoms with Crippen LogP contribution in [0.2, 0.25) is 0 Å². The van der Waals surface area contributed by atoms with Crippen LogP contribution in [0.4, 0.5) is 0 Å². The van der Waals surface area contributed by atoms with Crippen LogP contribution in [0.5, 0.6) is 0 Å². The summed E-state index contributed by atoms with van der Waals surface area (Å²) >= 11 is 3.73. The topological polar surface area (TPSA) is 63.8 Å². The lowest BCUT2D eigenvalue weighted by Crippen LogP contribution is -2.29. The van der Waals surface area contributed by atoms with Crippen LogP contribution >= 0.6 is 34.1 Å². The summed E-state index contributed by atoms with van der Waals surface area (Å²) in [4.78, 5) is 1.14. The molecular weight excluding hydrogens is 359 g/mol. The van der Waals surface area contributed by atoms with Crippen molar-refractivity contribution in [2.45, 2.75) is 25.8 Å². The van der Waals surface area contributed by atoms with Crippen LogP contribution in [0.3, 0.4) is 0 Å². The zero-order valence-corrected chi connectivity index (χ0v) is 13.0. The number of hydrazine groups is 1. The van der Waals surface area contributed by atoms with E-state index in [9.17, 15) is 0 Å². The zero-order valence-electron chi connectivity index (χ0n) is 10.1. The number of nitrogens with one attached hydrogen (secondary N) is 1. The van der Waals surface area contributed by atoms with E-state index in [0.717, 1.165) is 23.4 Å². The van der Waals surface area contributed by atoms with Crippen molar-refractivity contribution in [2.75, 3.05) is 0 Å². The molecule has 96 valence electrons. The zero-order chi connectivity index (χ0) is 13.0. The van der Waals surface area contributed by atoms with Gasteiger partial charge in [-0.15, -0.1) is 5.10 Å². The molecular formula is C12H15IN4S. The number of hydrogen-bond acceptors (Lipinski definition) is 5. The summed E-state index contributed by atoms with van der Waals surface area (Å²) in [5, 5.41) is 4.13. The van der Waals surface area contributed by atoms with E-state index in [4.69, 9.17) is 5.84 Å². The van der Waals surface area contributed by atoms with Crippen LogP contribution in [0, 0.1) is 3.57 Å². The highest BCUT2D eigenvalue weighted by Gasteiger charge is 2.17. The quantitative estimate of drug-likeness (QED) is 0.480. The SMILES string of the molecule is CCc1nnsc1C(Cc1ccc(I)cc1)NN. The van der Waals surface area contributed by atoms with Crippen molar-refractivity contribution in [3.8, 4) is 0 Å². The molecule has 0 aliphatic carbocycles. The molecule has 0 aliphatic rings. The van der Waals surface area contributed by atoms with Crippen LogP contribution in [-0.4, -0.2) is 9.59 Å². The van der Waals surface area contributed by atoms with Crippen molar-refractivity contribution >= 4 is 34.1 Å². The van der Waals surface area contributed by atoms with Gasteiger partial charge in [0, 0.05) is 3.57 Å². The number of nitrogens with two attached hydrogens (primary N) is 1. The molecule has 4 nitrogen and oxygen atoms in total. The minimum atomic E-state index is 0.0833. The number of benzene rings is 1. The predicted molar refractivity (Wildman–Crippen MR) is 82.2 cm³/mol. The first-order chi connectivity index (χ1) is 8.74. The van der Waals surface area contributed by atoms with Gasteiger partial charge in [-0.25, -0.2) is 0 Å². The molecule has 0 saturated heterocycles. The molecule has 2 rings (SSSR count). The summed E-state index contributed by atoms with van der Waals surface area (Å²) < 4.78 is 5.25. The third-order valence-corrected chi connectivity index (χ3v) is 4.39. The Morgan fingerprint density at radius 1 is 1.39 bits per heavy atom. The van der Waals surface area contributed by atoms with Gasteiger partial charge in [-0.05, 0) is 64.7 Å². The average molecular weight is 374 g/mol. The molecule has 0 fully saturated rings. The summed E-state index contributed by atoms with van der Waals surface area (Å²) in [6.07, 6.45) is 1.74. The lowest BCUT2D eigenvalue weighted by molar-refractivity contribution is 0.555. The monoisotopic (exact) mass is 374 g/mol. The van der Waals surface area contributed by atoms with Crippen molar-refractivity contribution < 1.29 is 0 Å². The Labute approximate surface area is 124 Å². The maximum atomic E-state index is 5.66. The Hall–Kier alpha value is -0.570. The van der Waals surface area contributed by atoms with Crippen LogP contribution in [-0.2, 0) is 12.8 Å². The minimum absolute atomic E-state index is 0.0833. The fourth-order valence-corrected chi connectivity index (χ4v) is 2.96. The first-order valence-electron chi connectivity index (χ1n) is 5.76. The Morgan fingerprint density at radius 2 is 2.11 bits per heavy atom. The van der Waals surface area contributed by atoms with Gasteiger partial charge in [0.05, 0.1) is 16.6 Å². The van der Waals surface area contributed by atoms with Crippen LogP contribution in [0.15, 0.2) is 24.3 Å². The van der Waals surface area contributed by atoms with E-state index in [2.05, 4.69) is 68.8 Å². The first-order valence-corrected chi connectivity index (χ1v) is 7.61. The van der Waals surface area contributed by atoms with E-state index in [-0.39, 0.29) is 6.04 Å². The van der Waals surface area contributed by atoms with Crippen LogP contribution in [0.25, 0.3) is 0 Å². The van der Waals surface area contributed by atoms with Gasteiger partial charge < -0.3 is 0 Å². The van der Waals surface area contributed by atoms with Gasteiger partial charge in [0.1, 0.15) is 0 Å². The summed E-state index contributed by atoms with van der Waals surface area (Å²) in [5.74, 6) is 5.66. The molecule has 0 saturated carbocycles. The maximum absolute atomic E-state index is 5.66. The molecule has 0 spiro atoms. The Morgan fingerprint density at radius 3 is 2.72 bits per heavy atom. The lowest BCUT2D eigenvalue weighted by Gasteiger charge is -2.14. The van der Waals surface area contributed by atoms with E-state index in [0.29, 0.717) is 0 Å². The summed E-state index contributed by atoms with van der Waals surface area (Å²) in [7, 11) is 0. The summed E-state index contributed by atoms with van der Waals surface area (Å²) in [6, 6.07) is 8.56. The van der Waals surface area contributed by atoms with E-state index in [1.165, 1.54) is 20.7 Å². The minimum Gasteiger partial charge on any atom is -0.271 e. The Balaban J connectivity index is 2.17. The molecule has 0 radical (unpaired) electrons. The molecule has 1 atom stereocenters. The van der Waals surface area contributed by atoms with Gasteiger partial charge in [-0.3, -0.25) is 11.3 Å². The molecule has 0 bridgehead atoms. The highest BCUT2D eigenvalue weighted by Crippen LogP contribution is 2.24. The summed E-state index contributed by atoms with van der Waals surface area (Å²) in [5.41, 5.74) is 5.16. The average Bonchev–Trinajstić information content (AvgIpc) is 2.86. The highest BCUT2D eigenvalue weighted by molar-refractivity contribution is 14.1. The third kappa shape index (κ3) is 3.25. The second-order valence-corrected chi connectivity index (χ2v) is 6.02. The lowest BCUT2D eigenvalue weighted by atomic mass is 10.0. The van der Waals surface area contributed by atoms with Gasteiger partial charge in [-0.2, -0.15) is 0 Å². The third-order valence-electron chi connectivity index (χ3n) is 2.79. The number of hydrogen-bond donors (Lipinski definition) is 2. The number of rotatable bonds is 5. The molecule has 3 N–H and O–H groups in total. The largest absolute Gasteiger partial charge is 0.271 e. The summed E-state index contributed by atoms with van der Waals surface area (Å²) in [6.45, 7) is 2.08. The second-order valence-electron chi connectivity index (χ2n) is 3.99. The van der Waals surface area contributed by atoms with Gasteiger partial charge in [0.15, 0.2) is 0 Å². The van der Waals surface area contributed by atoms with Gasteiger partial charge >= 0.3 is 0 Å². The molecule has 18 heavy (non-hydrogen) atoms. The Kier molecular flexibility index (Phi) is 5.04. The number of halogens is 1. The van der Waals surface area contributed by atoms with Gasteiger partial charge in [0.2, 0.25) is 0 Å². The van der Waals surface area contributed by atoms with Crippen molar-refractivity contribution in [3.05, 3.63) is 44.0 Å². The normalized spacial score (nSPS) is 12.6. The van der Waals surface area contributed by atoms with E-state index < -0.39 is 0 Å². The highest BCUT2D eigenvalue weighted by atomic mass is 127. The standard InChI is InChI=1S/C12H15IN4S/c1-2-10-12(18-17-16-10)11(15-14)7-8-3-5-9(13)6-4-8/h3-6,11,15H,2,7,14H2,1H3. The smallest absolute Gasteiger partial charge is 0.0801 e. The fraction of sp³-hybridized carbons (Fsp3) is 0.333. The first kappa shape index (κ1) is 13.9. The predicted octanol–water partition coefficient (Wildman–Crippen LogP) is 2.45. The van der Waals surface area contributed by atoms with E-state index >= 15 is 0 Å². The molecule has 6 heteroatoms. The number of aryl methyl sites for hydroxylation is 1. The molecule has 1 unspecified atom stereocenters. The van der Waals surface area contributed by atoms with E-state index in [1.54, 1.807) is 0 Å². The molecule has 0 aliphatic heterocycles. The van der Waals surface area contributed by atoms with Gasteiger partial charge in [0.25, 0.3) is 0 Å². The molecule has 1 aromatic heterocycles. The number of nitrogens with zero attached hydrogens (tertiary/aromatic N) is 2. The van der Waals surface area contributed by atoms with Crippen LogP contribution in [0.1, 0.15) is 29.1 Å². The van der Waals surface area contributed by atoms with Crippen molar-refractivity contribution in [1.82, 2.24) is 15.0 Å². The Bertz CT molecular complexity index is 497. The van der Waals surface area contributed by atoms with Crippen LogP contribution < -0.4 is 11.3 Å². The fourth-order valence-electron chi connectivity index (χ4n) is 1.81. The molecule has 2 aromatic rings. The van der Waals surface area contributed by atoms with Crippen molar-refractivity contribution in [3.63, 3.8) is 0 Å². The maximum Gasteiger partial charge on any atom is 0.0801 e.